The van der Waals surface area contributed by atoms with Crippen molar-refractivity contribution >= 4 is 23.5 Å². The van der Waals surface area contributed by atoms with E-state index in [0.717, 1.165) is 29.3 Å². The highest BCUT2D eigenvalue weighted by molar-refractivity contribution is 7.14. The lowest BCUT2D eigenvalue weighted by molar-refractivity contribution is 0.0959. The predicted molar refractivity (Wildman–Crippen MR) is 81.4 cm³/mol. The zero-order valence-corrected chi connectivity index (χ0v) is 12.2. The highest BCUT2D eigenvalue weighted by atomic mass is 32.1. The SMILES string of the molecule is CC1CCc2sc(C(=O)NN=Cc3ccc[nH]3)cc2C1. The van der Waals surface area contributed by atoms with Crippen LogP contribution in [0.4, 0.5) is 0 Å². The number of amides is 1. The van der Waals surface area contributed by atoms with Gasteiger partial charge in [-0.05, 0) is 48.9 Å². The van der Waals surface area contributed by atoms with Gasteiger partial charge in [-0.15, -0.1) is 11.3 Å². The van der Waals surface area contributed by atoms with Crippen molar-refractivity contribution in [3.8, 4) is 0 Å². The second-order valence-electron chi connectivity index (χ2n) is 5.23. The third-order valence-electron chi connectivity index (χ3n) is 3.54. The minimum Gasteiger partial charge on any atom is -0.360 e. The van der Waals surface area contributed by atoms with Crippen molar-refractivity contribution in [2.24, 2.45) is 11.0 Å². The fraction of sp³-hybridized carbons (Fsp3) is 0.333. The number of hydrogen-bond acceptors (Lipinski definition) is 3. The highest BCUT2D eigenvalue weighted by Gasteiger charge is 2.20. The van der Waals surface area contributed by atoms with Crippen LogP contribution in [0.1, 0.15) is 39.2 Å². The number of H-pyrrole nitrogens is 1. The molecule has 2 heterocycles. The Morgan fingerprint density at radius 1 is 1.60 bits per heavy atom. The maximum absolute atomic E-state index is 12.0. The van der Waals surface area contributed by atoms with Gasteiger partial charge >= 0.3 is 0 Å². The van der Waals surface area contributed by atoms with Gasteiger partial charge in [-0.25, -0.2) is 5.43 Å². The summed E-state index contributed by atoms with van der Waals surface area (Å²) in [6.45, 7) is 2.26. The fourth-order valence-corrected chi connectivity index (χ4v) is 3.56. The topological polar surface area (TPSA) is 57.2 Å². The molecule has 0 saturated heterocycles. The summed E-state index contributed by atoms with van der Waals surface area (Å²) < 4.78 is 0. The van der Waals surface area contributed by atoms with Gasteiger partial charge in [0, 0.05) is 11.1 Å². The van der Waals surface area contributed by atoms with Crippen molar-refractivity contribution in [1.82, 2.24) is 10.4 Å². The summed E-state index contributed by atoms with van der Waals surface area (Å²) in [5, 5.41) is 3.96. The molecule has 2 N–H and O–H groups in total. The number of carbonyl (C=O) groups is 1. The van der Waals surface area contributed by atoms with Crippen molar-refractivity contribution < 1.29 is 4.79 Å². The van der Waals surface area contributed by atoms with Gasteiger partial charge in [0.25, 0.3) is 5.91 Å². The number of aromatic nitrogens is 1. The molecule has 3 rings (SSSR count). The summed E-state index contributed by atoms with van der Waals surface area (Å²) in [6.07, 6.45) is 6.83. The monoisotopic (exact) mass is 287 g/mol. The van der Waals surface area contributed by atoms with Gasteiger partial charge in [-0.2, -0.15) is 5.10 Å². The molecule has 4 nitrogen and oxygen atoms in total. The van der Waals surface area contributed by atoms with Crippen LogP contribution in [0.15, 0.2) is 29.5 Å². The van der Waals surface area contributed by atoms with E-state index in [1.165, 1.54) is 16.9 Å². The molecule has 104 valence electrons. The molecule has 1 unspecified atom stereocenters. The number of aromatic amines is 1. The number of hydrazone groups is 1. The Bertz CT molecular complexity index is 628. The number of aryl methyl sites for hydroxylation is 1. The van der Waals surface area contributed by atoms with Gasteiger partial charge < -0.3 is 4.98 Å². The van der Waals surface area contributed by atoms with Crippen LogP contribution < -0.4 is 5.43 Å². The molecule has 0 radical (unpaired) electrons. The summed E-state index contributed by atoms with van der Waals surface area (Å²) in [6, 6.07) is 5.80. The Balaban J connectivity index is 1.66. The molecule has 0 aromatic carbocycles. The number of nitrogens with zero attached hydrogens (tertiary/aromatic N) is 1. The van der Waals surface area contributed by atoms with Crippen LogP contribution in [0.25, 0.3) is 0 Å². The largest absolute Gasteiger partial charge is 0.360 e. The average molecular weight is 287 g/mol. The summed E-state index contributed by atoms with van der Waals surface area (Å²) in [4.78, 5) is 17.2. The maximum atomic E-state index is 12.0. The van der Waals surface area contributed by atoms with Gasteiger partial charge in [-0.1, -0.05) is 6.92 Å². The third kappa shape index (κ3) is 2.82. The van der Waals surface area contributed by atoms with Gasteiger partial charge in [-0.3, -0.25) is 4.79 Å². The zero-order valence-electron chi connectivity index (χ0n) is 11.3. The lowest BCUT2D eigenvalue weighted by Gasteiger charge is -2.16. The van der Waals surface area contributed by atoms with Crippen LogP contribution in [0, 0.1) is 5.92 Å². The van der Waals surface area contributed by atoms with Crippen molar-refractivity contribution in [2.75, 3.05) is 0 Å². The van der Waals surface area contributed by atoms with Crippen LogP contribution in [0.5, 0.6) is 0 Å². The predicted octanol–water partition coefficient (Wildman–Crippen LogP) is 2.96. The number of nitrogens with one attached hydrogen (secondary N) is 2. The summed E-state index contributed by atoms with van der Waals surface area (Å²) in [7, 11) is 0. The summed E-state index contributed by atoms with van der Waals surface area (Å²) in [5.74, 6) is 0.596. The number of rotatable bonds is 3. The Hall–Kier alpha value is -1.88. The quantitative estimate of drug-likeness (QED) is 0.662. The van der Waals surface area contributed by atoms with Crippen molar-refractivity contribution in [2.45, 2.75) is 26.2 Å². The average Bonchev–Trinajstić information content (AvgIpc) is 3.06. The van der Waals surface area contributed by atoms with Crippen LogP contribution in [0.3, 0.4) is 0 Å². The van der Waals surface area contributed by atoms with E-state index in [-0.39, 0.29) is 5.91 Å². The highest BCUT2D eigenvalue weighted by Crippen LogP contribution is 2.32. The third-order valence-corrected chi connectivity index (χ3v) is 4.78. The lowest BCUT2D eigenvalue weighted by Crippen LogP contribution is -2.16. The molecule has 2 aromatic rings. The van der Waals surface area contributed by atoms with E-state index >= 15 is 0 Å². The first kappa shape index (κ1) is 13.1. The molecule has 2 aromatic heterocycles. The van der Waals surface area contributed by atoms with Crippen molar-refractivity contribution in [1.29, 1.82) is 0 Å². The minimum atomic E-state index is -0.125. The second-order valence-corrected chi connectivity index (χ2v) is 6.37. The van der Waals surface area contributed by atoms with E-state index in [1.807, 2.05) is 24.4 Å². The van der Waals surface area contributed by atoms with E-state index in [0.29, 0.717) is 0 Å². The zero-order chi connectivity index (χ0) is 13.9. The van der Waals surface area contributed by atoms with Gasteiger partial charge in [0.05, 0.1) is 16.8 Å². The lowest BCUT2D eigenvalue weighted by atomic mass is 9.90. The Labute approximate surface area is 121 Å². The van der Waals surface area contributed by atoms with Crippen LogP contribution in [0.2, 0.25) is 0 Å². The van der Waals surface area contributed by atoms with E-state index < -0.39 is 0 Å². The Morgan fingerprint density at radius 2 is 2.50 bits per heavy atom. The number of fused-ring (bicyclic) bond motifs is 1. The molecule has 0 aliphatic heterocycles. The molecule has 1 amide bonds. The van der Waals surface area contributed by atoms with Crippen molar-refractivity contribution in [3.63, 3.8) is 0 Å². The van der Waals surface area contributed by atoms with E-state index in [9.17, 15) is 4.79 Å². The molecule has 1 atom stereocenters. The molecule has 20 heavy (non-hydrogen) atoms. The minimum absolute atomic E-state index is 0.125. The van der Waals surface area contributed by atoms with E-state index in [1.54, 1.807) is 17.6 Å². The molecule has 1 aliphatic rings. The Morgan fingerprint density at radius 3 is 3.30 bits per heavy atom. The number of carbonyl (C=O) groups excluding carboxylic acids is 1. The standard InChI is InChI=1S/C15H17N3OS/c1-10-4-5-13-11(7-10)8-14(20-13)15(19)18-17-9-12-3-2-6-16-12/h2-3,6,8-10,16H,4-5,7H2,1H3,(H,18,19). The molecule has 0 spiro atoms. The first-order valence-corrected chi connectivity index (χ1v) is 7.62. The number of hydrogen-bond donors (Lipinski definition) is 2. The molecule has 0 fully saturated rings. The summed E-state index contributed by atoms with van der Waals surface area (Å²) >= 11 is 1.60. The molecular weight excluding hydrogens is 270 g/mol. The first-order chi connectivity index (χ1) is 9.72. The molecular formula is C15H17N3OS. The first-order valence-electron chi connectivity index (χ1n) is 6.81. The van der Waals surface area contributed by atoms with E-state index in [2.05, 4.69) is 22.4 Å². The molecule has 0 saturated carbocycles. The maximum Gasteiger partial charge on any atom is 0.281 e. The van der Waals surface area contributed by atoms with Crippen LogP contribution >= 0.6 is 11.3 Å². The molecule has 5 heteroatoms. The fourth-order valence-electron chi connectivity index (χ4n) is 2.46. The number of thiophene rings is 1. The van der Waals surface area contributed by atoms with Gasteiger partial charge in [0.15, 0.2) is 0 Å². The van der Waals surface area contributed by atoms with Crippen molar-refractivity contribution in [3.05, 3.63) is 45.4 Å². The van der Waals surface area contributed by atoms with Crippen LogP contribution in [-0.4, -0.2) is 17.1 Å². The Kier molecular flexibility index (Phi) is 3.69. The van der Waals surface area contributed by atoms with Gasteiger partial charge in [0.2, 0.25) is 0 Å². The molecule has 0 bridgehead atoms. The van der Waals surface area contributed by atoms with E-state index in [4.69, 9.17) is 0 Å². The molecule has 1 aliphatic carbocycles. The smallest absolute Gasteiger partial charge is 0.281 e. The summed E-state index contributed by atoms with van der Waals surface area (Å²) in [5.41, 5.74) is 4.78. The second kappa shape index (κ2) is 5.63. The van der Waals surface area contributed by atoms with Crippen LogP contribution in [-0.2, 0) is 12.8 Å². The normalized spacial score (nSPS) is 18.1. The van der Waals surface area contributed by atoms with Gasteiger partial charge in [0.1, 0.15) is 0 Å².